The van der Waals surface area contributed by atoms with Crippen LogP contribution in [0.5, 0.6) is 0 Å². The first-order chi connectivity index (χ1) is 9.95. The SMILES string of the molecule is C=C[C@](C)(O)CCC1[C@](C)(O)CC[C@H]2C(C)(C)CCC[C@]12C.Cl. The summed E-state index contributed by atoms with van der Waals surface area (Å²) in [5.74, 6) is 0.928. The van der Waals surface area contributed by atoms with Crippen molar-refractivity contribution in [1.82, 2.24) is 0 Å². The molecular formula is C20H37ClO2. The van der Waals surface area contributed by atoms with E-state index in [1.54, 1.807) is 6.08 Å². The molecule has 2 N–H and O–H groups in total. The molecule has 5 atom stereocenters. The Kier molecular flexibility index (Phi) is 6.11. The first-order valence-corrected chi connectivity index (χ1v) is 9.03. The second-order valence-electron chi connectivity index (χ2n) is 9.45. The first-order valence-electron chi connectivity index (χ1n) is 9.03. The van der Waals surface area contributed by atoms with Crippen molar-refractivity contribution < 1.29 is 10.2 Å². The van der Waals surface area contributed by atoms with Crippen LogP contribution in [0.15, 0.2) is 12.7 Å². The molecule has 0 spiro atoms. The van der Waals surface area contributed by atoms with Crippen LogP contribution in [0.25, 0.3) is 0 Å². The smallest absolute Gasteiger partial charge is 0.0797 e. The molecule has 0 aromatic rings. The number of rotatable bonds is 4. The summed E-state index contributed by atoms with van der Waals surface area (Å²) in [6.45, 7) is 14.8. The lowest BCUT2D eigenvalue weighted by molar-refractivity contribution is -0.171. The van der Waals surface area contributed by atoms with Gasteiger partial charge in [0.15, 0.2) is 0 Å². The normalized spacial score (nSPS) is 42.0. The molecular weight excluding hydrogens is 308 g/mol. The number of halogens is 1. The summed E-state index contributed by atoms with van der Waals surface area (Å²) in [4.78, 5) is 0. The van der Waals surface area contributed by atoms with Gasteiger partial charge in [0.2, 0.25) is 0 Å². The Balaban J connectivity index is 0.00000264. The number of hydrogen-bond donors (Lipinski definition) is 2. The van der Waals surface area contributed by atoms with Gasteiger partial charge in [-0.2, -0.15) is 0 Å². The van der Waals surface area contributed by atoms with E-state index < -0.39 is 11.2 Å². The molecule has 0 radical (unpaired) electrons. The van der Waals surface area contributed by atoms with Gasteiger partial charge in [0.1, 0.15) is 0 Å². The van der Waals surface area contributed by atoms with E-state index in [-0.39, 0.29) is 23.7 Å². The molecule has 2 saturated carbocycles. The molecule has 0 saturated heterocycles. The molecule has 1 unspecified atom stereocenters. The zero-order valence-corrected chi connectivity index (χ0v) is 16.5. The first kappa shape index (κ1) is 21.0. The van der Waals surface area contributed by atoms with E-state index in [0.717, 1.165) is 19.3 Å². The molecule has 23 heavy (non-hydrogen) atoms. The van der Waals surface area contributed by atoms with Gasteiger partial charge in [0.25, 0.3) is 0 Å². The minimum absolute atomic E-state index is 0. The van der Waals surface area contributed by atoms with Crippen molar-refractivity contribution in [3.8, 4) is 0 Å². The molecule has 3 heteroatoms. The highest BCUT2D eigenvalue weighted by Gasteiger charge is 2.57. The summed E-state index contributed by atoms with van der Waals surface area (Å²) in [6.07, 6.45) is 8.96. The Morgan fingerprint density at radius 1 is 1.17 bits per heavy atom. The van der Waals surface area contributed by atoms with Gasteiger partial charge >= 0.3 is 0 Å². The largest absolute Gasteiger partial charge is 0.390 e. The second-order valence-corrected chi connectivity index (χ2v) is 9.45. The third kappa shape index (κ3) is 3.96. The van der Waals surface area contributed by atoms with Crippen LogP contribution in [0.3, 0.4) is 0 Å². The van der Waals surface area contributed by atoms with E-state index in [0.29, 0.717) is 17.8 Å². The minimum atomic E-state index is -0.830. The van der Waals surface area contributed by atoms with Gasteiger partial charge in [-0.05, 0) is 75.0 Å². The van der Waals surface area contributed by atoms with E-state index in [1.807, 2.05) is 13.8 Å². The monoisotopic (exact) mass is 344 g/mol. The van der Waals surface area contributed by atoms with Crippen LogP contribution < -0.4 is 0 Å². The Labute approximate surface area is 149 Å². The third-order valence-corrected chi connectivity index (χ3v) is 7.14. The number of hydrogen-bond acceptors (Lipinski definition) is 2. The lowest BCUT2D eigenvalue weighted by Crippen LogP contribution is -2.57. The number of fused-ring (bicyclic) bond motifs is 1. The molecule has 2 nitrogen and oxygen atoms in total. The van der Waals surface area contributed by atoms with E-state index in [9.17, 15) is 10.2 Å². The third-order valence-electron chi connectivity index (χ3n) is 7.14. The molecule has 2 fully saturated rings. The predicted octanol–water partition coefficient (Wildman–Crippen LogP) is 5.12. The topological polar surface area (TPSA) is 40.5 Å². The summed E-state index contributed by atoms with van der Waals surface area (Å²) in [6, 6.07) is 0. The molecule has 136 valence electrons. The van der Waals surface area contributed by atoms with Crippen LogP contribution in [0.2, 0.25) is 0 Å². The van der Waals surface area contributed by atoms with Gasteiger partial charge in [-0.1, -0.05) is 33.3 Å². The predicted molar refractivity (Wildman–Crippen MR) is 99.9 cm³/mol. The van der Waals surface area contributed by atoms with Crippen molar-refractivity contribution in [3.05, 3.63) is 12.7 Å². The average molecular weight is 345 g/mol. The van der Waals surface area contributed by atoms with Gasteiger partial charge in [-0.15, -0.1) is 19.0 Å². The molecule has 0 amide bonds. The average Bonchev–Trinajstić information content (AvgIpc) is 2.35. The quantitative estimate of drug-likeness (QED) is 0.695. The highest BCUT2D eigenvalue weighted by Crippen LogP contribution is 2.63. The van der Waals surface area contributed by atoms with E-state index >= 15 is 0 Å². The van der Waals surface area contributed by atoms with Crippen molar-refractivity contribution in [3.63, 3.8) is 0 Å². The molecule has 0 heterocycles. The van der Waals surface area contributed by atoms with Gasteiger partial charge in [-0.25, -0.2) is 0 Å². The lowest BCUT2D eigenvalue weighted by atomic mass is 9.45. The van der Waals surface area contributed by atoms with Crippen LogP contribution in [0.1, 0.15) is 79.6 Å². The summed E-state index contributed by atoms with van der Waals surface area (Å²) < 4.78 is 0. The molecule has 0 aromatic heterocycles. The molecule has 2 aliphatic carbocycles. The Bertz CT molecular complexity index is 427. The van der Waals surface area contributed by atoms with Crippen molar-refractivity contribution >= 4 is 12.4 Å². The highest BCUT2D eigenvalue weighted by molar-refractivity contribution is 5.85. The van der Waals surface area contributed by atoms with E-state index in [1.165, 1.54) is 19.3 Å². The van der Waals surface area contributed by atoms with Crippen molar-refractivity contribution in [2.45, 2.75) is 90.8 Å². The van der Waals surface area contributed by atoms with Crippen LogP contribution in [-0.4, -0.2) is 21.4 Å². The standard InChI is InChI=1S/C20H36O2.ClH/c1-7-18(4,21)13-9-16-19(5)12-8-11-17(2,3)15(19)10-14-20(16,6)22;/h7,15-16,21-22H,1,8-14H2,2-6H3;1H/t15-,16?,18-,19-,20+;/m0./s1. The van der Waals surface area contributed by atoms with Crippen LogP contribution in [-0.2, 0) is 0 Å². The zero-order chi connectivity index (χ0) is 16.8. The van der Waals surface area contributed by atoms with Crippen LogP contribution >= 0.6 is 12.4 Å². The number of aliphatic hydroxyl groups is 2. The Morgan fingerprint density at radius 3 is 2.35 bits per heavy atom. The Hall–Kier alpha value is -0.0500. The van der Waals surface area contributed by atoms with E-state index in [4.69, 9.17) is 0 Å². The maximum absolute atomic E-state index is 11.1. The van der Waals surface area contributed by atoms with E-state index in [2.05, 4.69) is 27.4 Å². The van der Waals surface area contributed by atoms with Gasteiger partial charge in [0, 0.05) is 0 Å². The summed E-state index contributed by atoms with van der Waals surface area (Å²) in [5, 5.41) is 21.4. The van der Waals surface area contributed by atoms with Crippen molar-refractivity contribution in [1.29, 1.82) is 0 Å². The fourth-order valence-corrected chi connectivity index (χ4v) is 5.80. The maximum Gasteiger partial charge on any atom is 0.0797 e. The maximum atomic E-state index is 11.1. The van der Waals surface area contributed by atoms with Crippen molar-refractivity contribution in [2.75, 3.05) is 0 Å². The molecule has 0 aliphatic heterocycles. The minimum Gasteiger partial charge on any atom is -0.390 e. The fraction of sp³-hybridized carbons (Fsp3) is 0.900. The molecule has 2 rings (SSSR count). The van der Waals surface area contributed by atoms with Crippen molar-refractivity contribution in [2.24, 2.45) is 22.7 Å². The lowest BCUT2D eigenvalue weighted by Gasteiger charge is -2.61. The van der Waals surface area contributed by atoms with Gasteiger partial charge in [0.05, 0.1) is 11.2 Å². The van der Waals surface area contributed by atoms with Gasteiger partial charge in [-0.3, -0.25) is 0 Å². The van der Waals surface area contributed by atoms with Crippen LogP contribution in [0.4, 0.5) is 0 Å². The second kappa shape index (κ2) is 6.69. The highest BCUT2D eigenvalue weighted by atomic mass is 35.5. The van der Waals surface area contributed by atoms with Crippen LogP contribution in [0, 0.1) is 22.7 Å². The van der Waals surface area contributed by atoms with Gasteiger partial charge < -0.3 is 10.2 Å². The molecule has 0 bridgehead atoms. The summed E-state index contributed by atoms with van der Waals surface area (Å²) >= 11 is 0. The Morgan fingerprint density at radius 2 is 1.78 bits per heavy atom. The molecule has 0 aromatic carbocycles. The zero-order valence-electron chi connectivity index (χ0n) is 15.7. The summed E-state index contributed by atoms with van der Waals surface area (Å²) in [7, 11) is 0. The molecule has 2 aliphatic rings. The fourth-order valence-electron chi connectivity index (χ4n) is 5.80. The summed E-state index contributed by atoms with van der Waals surface area (Å²) in [5.41, 5.74) is -0.900.